The third-order valence-corrected chi connectivity index (χ3v) is 14.5. The zero-order chi connectivity index (χ0) is 34.1. The van der Waals surface area contributed by atoms with Crippen molar-refractivity contribution in [1.82, 2.24) is 0 Å². The minimum absolute atomic E-state index is 0. The van der Waals surface area contributed by atoms with Crippen LogP contribution in [0, 0.1) is 50.2 Å². The number of fused-ring (bicyclic) bond motifs is 7. The van der Waals surface area contributed by atoms with Gasteiger partial charge in [0.1, 0.15) is 12.2 Å². The Kier molecular flexibility index (Phi) is 11.5. The normalized spacial score (nSPS) is 46.1. The van der Waals surface area contributed by atoms with Gasteiger partial charge in [0.2, 0.25) is 0 Å². The molecule has 0 aliphatic heterocycles. The first kappa shape index (κ1) is 40.4. The molecule has 48 heavy (non-hydrogen) atoms. The molecule has 0 amide bonds. The summed E-state index contributed by atoms with van der Waals surface area (Å²) in [5.74, 6) is -0.815. The maximum absolute atomic E-state index is 12.6. The van der Waals surface area contributed by atoms with Crippen LogP contribution in [-0.2, 0) is 19.1 Å². The molecule has 8 heteroatoms. The molecular weight excluding hydrogens is 608 g/mol. The first-order valence-electron chi connectivity index (χ1n) is 17.4. The zero-order valence-electron chi connectivity index (χ0n) is 29.2. The van der Waals surface area contributed by atoms with E-state index in [2.05, 4.69) is 33.8 Å². The summed E-state index contributed by atoms with van der Waals surface area (Å²) in [5.41, 5.74) is -1.96. The molecule has 4 N–H and O–H groups in total. The lowest BCUT2D eigenvalue weighted by molar-refractivity contribution is -0.262. The van der Waals surface area contributed by atoms with Crippen LogP contribution in [0.1, 0.15) is 115 Å². The standard InChI is InChI=1S/C38H58O8.2CH4/c1-9-11-29(42)45-22-35(6)25-15-18-36(7)26(34(25,5)17-16-27(35)40)14-13-23-24-19-33(3,4)32(46-30(43)12-10-2)31(44)38(24,21-39)28(41)20-37(23,36)8;;/h9-13,24-28,31-32,39-41,44H,14-22H2,1-8H3;2*1H4/b11-9+,12-10+;;/t24?,25?,26?,27-,28+,31-,32-,34-,35+,36+,37+,38-;;/m0../s1. The molecule has 0 heterocycles. The summed E-state index contributed by atoms with van der Waals surface area (Å²) in [5, 5.41) is 46.6. The summed E-state index contributed by atoms with van der Waals surface area (Å²) in [6, 6.07) is 0. The molecule has 0 saturated heterocycles. The zero-order valence-corrected chi connectivity index (χ0v) is 29.2. The molecule has 4 saturated carbocycles. The number of hydrogen-bond acceptors (Lipinski definition) is 8. The van der Waals surface area contributed by atoms with Crippen molar-refractivity contribution in [2.45, 2.75) is 140 Å². The second kappa shape index (κ2) is 13.6. The lowest BCUT2D eigenvalue weighted by atomic mass is 9.33. The predicted octanol–water partition coefficient (Wildman–Crippen LogP) is 6.55. The molecule has 5 aliphatic rings. The minimum atomic E-state index is -1.25. The van der Waals surface area contributed by atoms with Crippen molar-refractivity contribution in [2.24, 2.45) is 50.2 Å². The van der Waals surface area contributed by atoms with Gasteiger partial charge in [-0.1, -0.05) is 80.2 Å². The number of aliphatic hydroxyl groups excluding tert-OH is 4. The van der Waals surface area contributed by atoms with Gasteiger partial charge < -0.3 is 29.9 Å². The Hall–Kier alpha value is -2.00. The van der Waals surface area contributed by atoms with Gasteiger partial charge in [-0.25, -0.2) is 9.59 Å². The van der Waals surface area contributed by atoms with E-state index in [4.69, 9.17) is 9.47 Å². The fraction of sp³-hybridized carbons (Fsp3) is 0.800. The average Bonchev–Trinajstić information content (AvgIpc) is 2.97. The third kappa shape index (κ3) is 5.56. The van der Waals surface area contributed by atoms with Crippen molar-refractivity contribution in [3.63, 3.8) is 0 Å². The number of ether oxygens (including phenoxy) is 2. The molecule has 0 aromatic rings. The topological polar surface area (TPSA) is 134 Å². The quantitative estimate of drug-likeness (QED) is 0.142. The number of aliphatic hydroxyl groups is 4. The summed E-state index contributed by atoms with van der Waals surface area (Å²) in [6.45, 7) is 16.4. The molecule has 0 aromatic carbocycles. The van der Waals surface area contributed by atoms with Gasteiger partial charge in [0.05, 0.1) is 30.8 Å². The second-order valence-electron chi connectivity index (χ2n) is 17.0. The molecule has 0 bridgehead atoms. The number of rotatable bonds is 6. The fourth-order valence-electron chi connectivity index (χ4n) is 11.8. The second-order valence-corrected chi connectivity index (χ2v) is 17.0. The fourth-order valence-corrected chi connectivity index (χ4v) is 11.8. The highest BCUT2D eigenvalue weighted by atomic mass is 16.6. The Bertz CT molecular complexity index is 1300. The lowest BCUT2D eigenvalue weighted by Crippen LogP contribution is -2.72. The van der Waals surface area contributed by atoms with Crippen LogP contribution in [0.25, 0.3) is 0 Å². The Balaban J connectivity index is 0.00000312. The van der Waals surface area contributed by atoms with E-state index in [1.54, 1.807) is 26.0 Å². The van der Waals surface area contributed by atoms with E-state index < -0.39 is 58.7 Å². The van der Waals surface area contributed by atoms with Crippen LogP contribution >= 0.6 is 0 Å². The van der Waals surface area contributed by atoms with E-state index in [-0.39, 0.29) is 56.0 Å². The summed E-state index contributed by atoms with van der Waals surface area (Å²) < 4.78 is 11.5. The van der Waals surface area contributed by atoms with Crippen LogP contribution in [0.3, 0.4) is 0 Å². The number of carbonyl (C=O) groups is 2. The smallest absolute Gasteiger partial charge is 0.330 e. The highest BCUT2D eigenvalue weighted by molar-refractivity contribution is 5.82. The SMILES string of the molecule is C.C.C/C=C/C(=O)OC[C@]1(C)C2CC[C@]3(C)C(CC=C4C5CC(C)(C)[C@@H](OC(=O)/C=C/C)[C@H](O)[C@]5(CO)[C@H](O)C[C@]43C)[C@@]2(C)CC[C@@H]1O. The molecule has 5 rings (SSSR count). The summed E-state index contributed by atoms with van der Waals surface area (Å²) >= 11 is 0. The Labute approximate surface area is 290 Å². The van der Waals surface area contributed by atoms with Crippen LogP contribution in [0.2, 0.25) is 0 Å². The summed E-state index contributed by atoms with van der Waals surface area (Å²) in [4.78, 5) is 24.9. The van der Waals surface area contributed by atoms with Crippen molar-refractivity contribution in [3.8, 4) is 0 Å². The Morgan fingerprint density at radius 3 is 2.10 bits per heavy atom. The van der Waals surface area contributed by atoms with Crippen LogP contribution in [0.15, 0.2) is 36.0 Å². The van der Waals surface area contributed by atoms with E-state index in [0.717, 1.165) is 25.7 Å². The predicted molar refractivity (Wildman–Crippen MR) is 189 cm³/mol. The summed E-state index contributed by atoms with van der Waals surface area (Å²) in [7, 11) is 0. The van der Waals surface area contributed by atoms with Crippen LogP contribution in [0.4, 0.5) is 0 Å². The number of hydrogen-bond donors (Lipinski definition) is 4. The molecule has 4 fully saturated rings. The van der Waals surface area contributed by atoms with E-state index in [0.29, 0.717) is 19.3 Å². The monoisotopic (exact) mass is 674 g/mol. The van der Waals surface area contributed by atoms with Crippen LogP contribution < -0.4 is 0 Å². The van der Waals surface area contributed by atoms with Gasteiger partial charge in [-0.3, -0.25) is 0 Å². The van der Waals surface area contributed by atoms with E-state index in [1.165, 1.54) is 17.7 Å². The molecule has 5 aliphatic carbocycles. The van der Waals surface area contributed by atoms with Gasteiger partial charge in [-0.2, -0.15) is 0 Å². The number of esters is 2. The Morgan fingerprint density at radius 2 is 1.50 bits per heavy atom. The van der Waals surface area contributed by atoms with Gasteiger partial charge in [0, 0.05) is 23.0 Å². The average molecular weight is 675 g/mol. The third-order valence-electron chi connectivity index (χ3n) is 14.5. The maximum Gasteiger partial charge on any atom is 0.330 e. The molecule has 8 nitrogen and oxygen atoms in total. The Morgan fingerprint density at radius 1 is 0.875 bits per heavy atom. The van der Waals surface area contributed by atoms with Crippen molar-refractivity contribution in [3.05, 3.63) is 36.0 Å². The first-order chi connectivity index (χ1) is 21.4. The van der Waals surface area contributed by atoms with Gasteiger partial charge in [0.25, 0.3) is 0 Å². The van der Waals surface area contributed by atoms with Gasteiger partial charge in [-0.05, 0) is 92.8 Å². The van der Waals surface area contributed by atoms with Gasteiger partial charge in [-0.15, -0.1) is 0 Å². The molecule has 274 valence electrons. The van der Waals surface area contributed by atoms with Crippen molar-refractivity contribution < 1.29 is 39.5 Å². The molecule has 0 spiro atoms. The molecule has 3 unspecified atom stereocenters. The van der Waals surface area contributed by atoms with Gasteiger partial charge in [0.15, 0.2) is 0 Å². The molecular formula is C40H66O8. The van der Waals surface area contributed by atoms with E-state index >= 15 is 0 Å². The van der Waals surface area contributed by atoms with E-state index in [9.17, 15) is 30.0 Å². The first-order valence-corrected chi connectivity index (χ1v) is 17.4. The molecule has 0 radical (unpaired) electrons. The number of allylic oxidation sites excluding steroid dienone is 4. The van der Waals surface area contributed by atoms with Crippen molar-refractivity contribution in [1.29, 1.82) is 0 Å². The summed E-state index contributed by atoms with van der Waals surface area (Å²) in [6.07, 6.45) is 9.68. The van der Waals surface area contributed by atoms with Crippen molar-refractivity contribution >= 4 is 11.9 Å². The lowest BCUT2D eigenvalue weighted by Gasteiger charge is -2.72. The molecule has 12 atom stereocenters. The largest absolute Gasteiger partial charge is 0.462 e. The molecule has 0 aromatic heterocycles. The van der Waals surface area contributed by atoms with Crippen LogP contribution in [-0.4, -0.2) is 70.0 Å². The van der Waals surface area contributed by atoms with Gasteiger partial charge >= 0.3 is 11.9 Å². The highest BCUT2D eigenvalue weighted by Crippen LogP contribution is 2.75. The minimum Gasteiger partial charge on any atom is -0.462 e. The maximum atomic E-state index is 12.6. The number of carbonyl (C=O) groups excluding carboxylic acids is 2. The highest BCUT2D eigenvalue weighted by Gasteiger charge is 2.73. The van der Waals surface area contributed by atoms with E-state index in [1.807, 2.05) is 13.8 Å². The van der Waals surface area contributed by atoms with Crippen molar-refractivity contribution in [2.75, 3.05) is 13.2 Å². The van der Waals surface area contributed by atoms with Crippen LogP contribution in [0.5, 0.6) is 0 Å².